The van der Waals surface area contributed by atoms with Gasteiger partial charge >= 0.3 is 81.0 Å². The number of carbonyl (C=O) groups is 2. The molecule has 0 aliphatic carbocycles. The zero-order valence-electron chi connectivity index (χ0n) is 21.1. The topological polar surface area (TPSA) is 94.8 Å². The van der Waals surface area contributed by atoms with Crippen LogP contribution in [0.3, 0.4) is 0 Å². The molecule has 1 amide bonds. The summed E-state index contributed by atoms with van der Waals surface area (Å²) in [4.78, 5) is 31.4. The van der Waals surface area contributed by atoms with E-state index < -0.39 is 29.8 Å². The number of aromatic nitrogens is 2. The SMILES string of the molecule is CC.CC(C)(C)OC(=O)N1CC(OC(=O)c2ccccc2)CC1c1nc(-c2cc[c-]cc2)no1.[Cs+]. The normalized spacial score (nSPS) is 17.0. The van der Waals surface area contributed by atoms with Gasteiger partial charge in [0.1, 0.15) is 17.7 Å². The van der Waals surface area contributed by atoms with Gasteiger partial charge in [0, 0.05) is 6.42 Å². The summed E-state index contributed by atoms with van der Waals surface area (Å²) in [5.74, 6) is 0.215. The third-order valence-electron chi connectivity index (χ3n) is 4.88. The van der Waals surface area contributed by atoms with Crippen LogP contribution in [0.5, 0.6) is 0 Å². The second kappa shape index (κ2) is 13.6. The Balaban J connectivity index is 0.00000140. The fourth-order valence-corrected chi connectivity index (χ4v) is 3.46. The van der Waals surface area contributed by atoms with E-state index in [9.17, 15) is 9.59 Å². The predicted molar refractivity (Wildman–Crippen MR) is 126 cm³/mol. The third kappa shape index (κ3) is 8.19. The zero-order valence-corrected chi connectivity index (χ0v) is 27.4. The Morgan fingerprint density at radius 1 is 1.09 bits per heavy atom. The van der Waals surface area contributed by atoms with Gasteiger partial charge in [0.05, 0.1) is 12.1 Å². The molecule has 0 radical (unpaired) electrons. The molecular formula is C26H30CsN3O5. The second-order valence-corrected chi connectivity index (χ2v) is 8.52. The maximum atomic E-state index is 12.9. The van der Waals surface area contributed by atoms with E-state index in [4.69, 9.17) is 14.0 Å². The van der Waals surface area contributed by atoms with E-state index in [1.54, 1.807) is 57.2 Å². The molecule has 2 unspecified atom stereocenters. The van der Waals surface area contributed by atoms with Gasteiger partial charge in [-0.1, -0.05) is 42.8 Å². The molecule has 1 aromatic heterocycles. The maximum absolute atomic E-state index is 12.9. The van der Waals surface area contributed by atoms with E-state index in [-0.39, 0.29) is 81.3 Å². The van der Waals surface area contributed by atoms with Crippen LogP contribution in [0.2, 0.25) is 0 Å². The van der Waals surface area contributed by atoms with Crippen molar-refractivity contribution in [2.24, 2.45) is 0 Å². The van der Waals surface area contributed by atoms with Crippen molar-refractivity contribution in [3.05, 3.63) is 72.1 Å². The van der Waals surface area contributed by atoms with E-state index in [2.05, 4.69) is 16.2 Å². The van der Waals surface area contributed by atoms with E-state index in [1.807, 2.05) is 32.0 Å². The van der Waals surface area contributed by atoms with E-state index >= 15 is 0 Å². The first-order chi connectivity index (χ1) is 16.3. The van der Waals surface area contributed by atoms with Gasteiger partial charge in [-0.2, -0.15) is 35.3 Å². The molecule has 0 bridgehead atoms. The van der Waals surface area contributed by atoms with Gasteiger partial charge in [-0.25, -0.2) is 9.59 Å². The monoisotopic (exact) mass is 597 g/mol. The summed E-state index contributed by atoms with van der Waals surface area (Å²) in [6.07, 6.45) is -0.751. The van der Waals surface area contributed by atoms with Crippen molar-refractivity contribution < 1.29 is 92.5 Å². The molecule has 180 valence electrons. The van der Waals surface area contributed by atoms with Crippen molar-refractivity contribution >= 4 is 12.1 Å². The molecular weight excluding hydrogens is 567 g/mol. The van der Waals surface area contributed by atoms with Crippen LogP contribution in [0, 0.1) is 6.07 Å². The Morgan fingerprint density at radius 3 is 2.37 bits per heavy atom. The Labute approximate surface area is 265 Å². The summed E-state index contributed by atoms with van der Waals surface area (Å²) in [7, 11) is 0. The van der Waals surface area contributed by atoms with Crippen molar-refractivity contribution in [3.8, 4) is 11.4 Å². The minimum atomic E-state index is -0.680. The van der Waals surface area contributed by atoms with E-state index in [0.717, 1.165) is 5.56 Å². The first kappa shape index (κ1) is 29.6. The quantitative estimate of drug-likeness (QED) is 0.337. The van der Waals surface area contributed by atoms with Crippen LogP contribution in [-0.4, -0.2) is 45.4 Å². The van der Waals surface area contributed by atoms with Crippen molar-refractivity contribution in [1.82, 2.24) is 15.0 Å². The number of esters is 1. The molecule has 1 fully saturated rings. The molecule has 1 aliphatic rings. The number of rotatable bonds is 4. The minimum Gasteiger partial charge on any atom is -0.457 e. The fourth-order valence-electron chi connectivity index (χ4n) is 3.46. The number of amides is 1. The second-order valence-electron chi connectivity index (χ2n) is 8.52. The molecule has 4 rings (SSSR count). The zero-order chi connectivity index (χ0) is 24.7. The average Bonchev–Trinajstić information content (AvgIpc) is 3.48. The van der Waals surface area contributed by atoms with Crippen LogP contribution in [0.25, 0.3) is 11.4 Å². The minimum absolute atomic E-state index is 0. The number of ether oxygens (including phenoxy) is 2. The van der Waals surface area contributed by atoms with E-state index in [0.29, 0.717) is 17.8 Å². The molecule has 9 heteroatoms. The Morgan fingerprint density at radius 2 is 1.74 bits per heavy atom. The summed E-state index contributed by atoms with van der Waals surface area (Å²) in [6.45, 7) is 9.54. The number of hydrogen-bond acceptors (Lipinski definition) is 7. The molecule has 8 nitrogen and oxygen atoms in total. The fraction of sp³-hybridized carbons (Fsp3) is 0.385. The summed E-state index contributed by atoms with van der Waals surface area (Å²) < 4.78 is 16.7. The standard InChI is InChI=1S/C24H24N3O5.C2H6.Cs/c1-24(2,3)31-23(29)27-15-18(30-22(28)17-12-8-5-9-13-17)14-19(27)21-25-20(26-32-21)16-10-6-4-7-11-16;1-2;/h5-13,18-19H,14-15H2,1-3H3;1-2H3;/q-1;;+1. The molecule has 0 spiro atoms. The third-order valence-corrected chi connectivity index (χ3v) is 4.88. The van der Waals surface area contributed by atoms with Gasteiger partial charge in [-0.3, -0.25) is 4.90 Å². The predicted octanol–water partition coefficient (Wildman–Crippen LogP) is 2.47. The van der Waals surface area contributed by atoms with Crippen LogP contribution >= 0.6 is 0 Å². The van der Waals surface area contributed by atoms with E-state index in [1.165, 1.54) is 4.90 Å². The molecule has 35 heavy (non-hydrogen) atoms. The van der Waals surface area contributed by atoms with Gasteiger partial charge in [-0.15, -0.1) is 0 Å². The summed E-state index contributed by atoms with van der Waals surface area (Å²) in [5, 5.41) is 4.05. The van der Waals surface area contributed by atoms with Gasteiger partial charge in [0.15, 0.2) is 5.82 Å². The van der Waals surface area contributed by atoms with Crippen LogP contribution in [0.15, 0.2) is 59.1 Å². The summed E-state index contributed by atoms with van der Waals surface area (Å²) in [6, 6.07) is 18.2. The summed E-state index contributed by atoms with van der Waals surface area (Å²) in [5.41, 5.74) is 0.536. The first-order valence-electron chi connectivity index (χ1n) is 11.4. The maximum Gasteiger partial charge on any atom is 1.00 e. The van der Waals surface area contributed by atoms with Crippen LogP contribution in [0.4, 0.5) is 4.79 Å². The number of hydrogen-bond donors (Lipinski definition) is 0. The van der Waals surface area contributed by atoms with Gasteiger partial charge in [-0.05, 0) is 32.9 Å². The largest absolute Gasteiger partial charge is 1.00 e. The molecule has 0 saturated carbocycles. The molecule has 2 heterocycles. The first-order valence-corrected chi connectivity index (χ1v) is 11.4. The molecule has 1 saturated heterocycles. The van der Waals surface area contributed by atoms with Crippen molar-refractivity contribution in [3.63, 3.8) is 0 Å². The van der Waals surface area contributed by atoms with Gasteiger partial charge in [0.2, 0.25) is 5.89 Å². The van der Waals surface area contributed by atoms with Gasteiger partial charge in [0.25, 0.3) is 0 Å². The van der Waals surface area contributed by atoms with Crippen molar-refractivity contribution in [2.45, 2.75) is 58.8 Å². The number of likely N-dealkylation sites (tertiary alicyclic amines) is 1. The molecule has 1 aliphatic heterocycles. The smallest absolute Gasteiger partial charge is 0.457 e. The van der Waals surface area contributed by atoms with Crippen molar-refractivity contribution in [1.29, 1.82) is 0 Å². The number of nitrogens with zero attached hydrogens (tertiary/aromatic N) is 3. The van der Waals surface area contributed by atoms with Crippen LogP contribution < -0.4 is 68.9 Å². The van der Waals surface area contributed by atoms with Crippen molar-refractivity contribution in [2.75, 3.05) is 6.54 Å². The molecule has 3 aromatic rings. The number of carbonyl (C=O) groups excluding carboxylic acids is 2. The molecule has 0 N–H and O–H groups in total. The Bertz CT molecular complexity index is 1080. The molecule has 2 aromatic carbocycles. The van der Waals surface area contributed by atoms with Crippen LogP contribution in [-0.2, 0) is 9.47 Å². The summed E-state index contributed by atoms with van der Waals surface area (Å²) >= 11 is 0. The Kier molecular flexibility index (Phi) is 11.5. The van der Waals surface area contributed by atoms with Gasteiger partial charge < -0.3 is 14.0 Å². The average molecular weight is 597 g/mol. The number of benzene rings is 2. The molecule has 2 atom stereocenters. The van der Waals surface area contributed by atoms with Crippen LogP contribution in [0.1, 0.15) is 63.3 Å². The Hall–Kier alpha value is -1.63.